The van der Waals surface area contributed by atoms with Crippen molar-refractivity contribution in [2.24, 2.45) is 0 Å². The van der Waals surface area contributed by atoms with Gasteiger partial charge in [-0.25, -0.2) is 4.68 Å². The van der Waals surface area contributed by atoms with Gasteiger partial charge in [0.15, 0.2) is 5.82 Å². The van der Waals surface area contributed by atoms with Crippen LogP contribution < -0.4 is 5.73 Å². The van der Waals surface area contributed by atoms with Gasteiger partial charge in [0.05, 0.1) is 22.8 Å². The quantitative estimate of drug-likeness (QED) is 0.918. The Bertz CT molecular complexity index is 693. The first-order valence-corrected chi connectivity index (χ1v) is 6.65. The molecule has 6 heteroatoms. The maximum absolute atomic E-state index is 9.49. The zero-order chi connectivity index (χ0) is 14.9. The summed E-state index contributed by atoms with van der Waals surface area (Å²) < 4.78 is 1.61. The lowest BCUT2D eigenvalue weighted by Gasteiger charge is -2.11. The summed E-state index contributed by atoms with van der Waals surface area (Å²) in [7, 11) is 0. The number of nitrogens with two attached hydrogens (primary N) is 1. The molecule has 0 radical (unpaired) electrons. The summed E-state index contributed by atoms with van der Waals surface area (Å²) in [6, 6.07) is 2.24. The number of aryl methyl sites for hydroxylation is 2. The fourth-order valence-electron chi connectivity index (χ4n) is 2.29. The summed E-state index contributed by atoms with van der Waals surface area (Å²) in [5, 5.41) is 22.3. The van der Waals surface area contributed by atoms with Gasteiger partial charge in [-0.2, -0.15) is 15.5 Å². The van der Waals surface area contributed by atoms with E-state index in [1.165, 1.54) is 0 Å². The largest absolute Gasteiger partial charge is 0.396 e. The predicted molar refractivity (Wildman–Crippen MR) is 76.5 cm³/mol. The van der Waals surface area contributed by atoms with Gasteiger partial charge in [0.25, 0.3) is 0 Å². The number of aromatic nitrogens is 4. The average molecular weight is 270 g/mol. The molecule has 0 saturated carbocycles. The molecule has 0 amide bonds. The number of nitrogens with zero attached hydrogens (tertiary/aromatic N) is 5. The highest BCUT2D eigenvalue weighted by Gasteiger charge is 2.19. The van der Waals surface area contributed by atoms with Gasteiger partial charge in [-0.15, -0.1) is 5.10 Å². The van der Waals surface area contributed by atoms with Gasteiger partial charge < -0.3 is 5.73 Å². The van der Waals surface area contributed by atoms with Gasteiger partial charge in [0.1, 0.15) is 11.6 Å². The summed E-state index contributed by atoms with van der Waals surface area (Å²) in [5.74, 6) is 0.457. The molecule has 0 aromatic carbocycles. The minimum Gasteiger partial charge on any atom is -0.396 e. The molecule has 2 rings (SSSR count). The normalized spacial score (nSPS) is 10.6. The molecule has 2 aromatic heterocycles. The van der Waals surface area contributed by atoms with Crippen LogP contribution in [0, 0.1) is 25.2 Å². The van der Waals surface area contributed by atoms with Crippen molar-refractivity contribution >= 4 is 5.69 Å². The SMILES string of the molecule is CCc1nnc(-n2nc(C)c(N)c2C)c(C#N)c1CC. The highest BCUT2D eigenvalue weighted by Crippen LogP contribution is 2.23. The van der Waals surface area contributed by atoms with E-state index < -0.39 is 0 Å². The first-order valence-electron chi connectivity index (χ1n) is 6.65. The first kappa shape index (κ1) is 14.0. The van der Waals surface area contributed by atoms with Crippen LogP contribution in [0.15, 0.2) is 0 Å². The van der Waals surface area contributed by atoms with E-state index >= 15 is 0 Å². The van der Waals surface area contributed by atoms with Crippen LogP contribution >= 0.6 is 0 Å². The molecule has 0 unspecified atom stereocenters. The van der Waals surface area contributed by atoms with Gasteiger partial charge in [-0.05, 0) is 32.3 Å². The van der Waals surface area contributed by atoms with Crippen LogP contribution in [0.2, 0.25) is 0 Å². The third-order valence-electron chi connectivity index (χ3n) is 3.49. The van der Waals surface area contributed by atoms with Crippen LogP contribution in [-0.4, -0.2) is 20.0 Å². The van der Waals surface area contributed by atoms with E-state index in [-0.39, 0.29) is 0 Å². The number of nitriles is 1. The molecule has 104 valence electrons. The third-order valence-corrected chi connectivity index (χ3v) is 3.49. The highest BCUT2D eigenvalue weighted by molar-refractivity contribution is 5.55. The van der Waals surface area contributed by atoms with Crippen LogP contribution in [0.4, 0.5) is 5.69 Å². The topological polar surface area (TPSA) is 93.4 Å². The van der Waals surface area contributed by atoms with Crippen molar-refractivity contribution in [3.05, 3.63) is 28.2 Å². The van der Waals surface area contributed by atoms with E-state index in [1.807, 2.05) is 27.7 Å². The number of hydrogen-bond donors (Lipinski definition) is 1. The number of hydrogen-bond acceptors (Lipinski definition) is 5. The van der Waals surface area contributed by atoms with Crippen molar-refractivity contribution in [3.63, 3.8) is 0 Å². The van der Waals surface area contributed by atoms with E-state index in [2.05, 4.69) is 21.4 Å². The lowest BCUT2D eigenvalue weighted by molar-refractivity contribution is 0.755. The number of anilines is 1. The molecule has 2 heterocycles. The van der Waals surface area contributed by atoms with Crippen molar-refractivity contribution in [1.29, 1.82) is 5.26 Å². The van der Waals surface area contributed by atoms with Crippen molar-refractivity contribution in [2.75, 3.05) is 5.73 Å². The minimum atomic E-state index is 0.457. The molecule has 0 aliphatic heterocycles. The van der Waals surface area contributed by atoms with Gasteiger partial charge in [0.2, 0.25) is 0 Å². The Morgan fingerprint density at radius 2 is 1.90 bits per heavy atom. The molecule has 0 aliphatic carbocycles. The standard InChI is InChI=1S/C14H18N6/c1-5-10-11(7-15)14(18-17-12(10)6-2)20-9(4)13(16)8(3)19-20/h5-6,16H2,1-4H3. The molecule has 20 heavy (non-hydrogen) atoms. The summed E-state index contributed by atoms with van der Waals surface area (Å²) in [5.41, 5.74) is 10.4. The van der Waals surface area contributed by atoms with Gasteiger partial charge in [-0.1, -0.05) is 13.8 Å². The Kier molecular flexibility index (Phi) is 3.70. The molecule has 0 saturated heterocycles. The lowest BCUT2D eigenvalue weighted by Crippen LogP contribution is -2.12. The molecule has 0 fully saturated rings. The number of nitrogen functional groups attached to an aromatic ring is 1. The number of rotatable bonds is 3. The second-order valence-electron chi connectivity index (χ2n) is 4.64. The van der Waals surface area contributed by atoms with Crippen LogP contribution in [0.25, 0.3) is 5.82 Å². The summed E-state index contributed by atoms with van der Waals surface area (Å²) in [4.78, 5) is 0. The van der Waals surface area contributed by atoms with Crippen LogP contribution in [0.3, 0.4) is 0 Å². The third kappa shape index (κ3) is 2.01. The van der Waals surface area contributed by atoms with Gasteiger partial charge in [0, 0.05) is 0 Å². The van der Waals surface area contributed by atoms with Crippen molar-refractivity contribution in [2.45, 2.75) is 40.5 Å². The summed E-state index contributed by atoms with van der Waals surface area (Å²) in [6.07, 6.45) is 1.49. The molecule has 2 N–H and O–H groups in total. The van der Waals surface area contributed by atoms with E-state index in [9.17, 15) is 5.26 Å². The van der Waals surface area contributed by atoms with Crippen LogP contribution in [-0.2, 0) is 12.8 Å². The van der Waals surface area contributed by atoms with E-state index in [4.69, 9.17) is 5.73 Å². The molecule has 0 aliphatic rings. The van der Waals surface area contributed by atoms with Crippen molar-refractivity contribution in [1.82, 2.24) is 20.0 Å². The smallest absolute Gasteiger partial charge is 0.194 e. The van der Waals surface area contributed by atoms with E-state index in [1.54, 1.807) is 4.68 Å². The van der Waals surface area contributed by atoms with Crippen LogP contribution in [0.5, 0.6) is 0 Å². The maximum atomic E-state index is 9.49. The minimum absolute atomic E-state index is 0.457. The molecular weight excluding hydrogens is 252 g/mol. The first-order chi connectivity index (χ1) is 9.54. The van der Waals surface area contributed by atoms with E-state index in [0.29, 0.717) is 17.1 Å². The Labute approximate surface area is 118 Å². The molecule has 0 spiro atoms. The molecule has 2 aromatic rings. The van der Waals surface area contributed by atoms with E-state index in [0.717, 1.165) is 35.5 Å². The molecular formula is C14H18N6. The fraction of sp³-hybridized carbons (Fsp3) is 0.429. The fourth-order valence-corrected chi connectivity index (χ4v) is 2.29. The summed E-state index contributed by atoms with van der Waals surface area (Å²) in [6.45, 7) is 7.71. The lowest BCUT2D eigenvalue weighted by atomic mass is 10.0. The Morgan fingerprint density at radius 3 is 2.35 bits per heavy atom. The maximum Gasteiger partial charge on any atom is 0.194 e. The summed E-state index contributed by atoms with van der Waals surface area (Å²) >= 11 is 0. The second-order valence-corrected chi connectivity index (χ2v) is 4.64. The monoisotopic (exact) mass is 270 g/mol. The Morgan fingerprint density at radius 1 is 1.20 bits per heavy atom. The second kappa shape index (κ2) is 5.29. The zero-order valence-electron chi connectivity index (χ0n) is 12.2. The highest BCUT2D eigenvalue weighted by atomic mass is 15.4. The molecule has 0 atom stereocenters. The molecule has 6 nitrogen and oxygen atoms in total. The van der Waals surface area contributed by atoms with Crippen LogP contribution in [0.1, 0.15) is 42.1 Å². The van der Waals surface area contributed by atoms with Crippen molar-refractivity contribution < 1.29 is 0 Å². The molecule has 0 bridgehead atoms. The van der Waals surface area contributed by atoms with Gasteiger partial charge >= 0.3 is 0 Å². The zero-order valence-corrected chi connectivity index (χ0v) is 12.2. The average Bonchev–Trinajstić information content (AvgIpc) is 2.72. The Hall–Kier alpha value is -2.42. The van der Waals surface area contributed by atoms with Crippen molar-refractivity contribution in [3.8, 4) is 11.9 Å². The Balaban J connectivity index is 2.75. The van der Waals surface area contributed by atoms with Gasteiger partial charge in [-0.3, -0.25) is 0 Å². The predicted octanol–water partition coefficient (Wildman–Crippen LogP) is 1.86.